The second-order valence-corrected chi connectivity index (χ2v) is 12.3. The number of rotatable bonds is 8. The van der Waals surface area contributed by atoms with E-state index in [0.29, 0.717) is 13.0 Å². The number of ether oxygens (including phenoxy) is 1. The maximum absolute atomic E-state index is 13.4. The standard InChI is InChI=1S/C31H38N2O7/c1-29-11-9-21(34)14-20(29)5-6-22-23-10-12-31(39,30(23,2)15-24(35)28(22)29)25(36)18-40-27(38)8-7-26(37)33-17-19-4-3-13-32-16-19/h3-4,9,11,13-14,16,22-24,28,35,39H,5-8,10,12,15,17-18H2,1-2H3,(H,33,37)/t22-,23-,24+,28+,29+,30+,31-/m1/s1. The predicted octanol–water partition coefficient (Wildman–Crippen LogP) is 2.60. The summed E-state index contributed by atoms with van der Waals surface area (Å²) in [5.74, 6) is -1.60. The van der Waals surface area contributed by atoms with Crippen molar-refractivity contribution in [1.82, 2.24) is 10.3 Å². The average Bonchev–Trinajstić information content (AvgIpc) is 3.20. The highest BCUT2D eigenvalue weighted by Gasteiger charge is 2.68. The minimum atomic E-state index is -1.72. The SMILES string of the molecule is C[C@]12C=CC(=O)C=C1CC[C@H]1[C@H]2[C@@H](O)C[C@@]2(C)[C@@H]1CC[C@@]2(O)C(=O)COC(=O)CCC(=O)NCc1cccnc1. The van der Waals surface area contributed by atoms with Crippen LogP contribution in [-0.2, 0) is 30.5 Å². The largest absolute Gasteiger partial charge is 0.458 e. The lowest BCUT2D eigenvalue weighted by molar-refractivity contribution is -0.181. The van der Waals surface area contributed by atoms with Crippen molar-refractivity contribution in [2.75, 3.05) is 6.61 Å². The van der Waals surface area contributed by atoms with Gasteiger partial charge in [-0.25, -0.2) is 0 Å². The van der Waals surface area contributed by atoms with Gasteiger partial charge in [-0.1, -0.05) is 31.6 Å². The highest BCUT2D eigenvalue weighted by Crippen LogP contribution is 2.67. The summed E-state index contributed by atoms with van der Waals surface area (Å²) >= 11 is 0. The molecule has 3 saturated carbocycles. The number of carbonyl (C=O) groups is 4. The van der Waals surface area contributed by atoms with Crippen molar-refractivity contribution in [3.63, 3.8) is 0 Å². The first-order valence-corrected chi connectivity index (χ1v) is 14.2. The number of hydrogen-bond acceptors (Lipinski definition) is 8. The molecule has 0 bridgehead atoms. The number of allylic oxidation sites excluding steroid dienone is 4. The number of aliphatic hydroxyl groups is 2. The number of aliphatic hydroxyl groups excluding tert-OH is 1. The second kappa shape index (κ2) is 10.7. The molecule has 4 aliphatic rings. The molecule has 1 aromatic heterocycles. The summed E-state index contributed by atoms with van der Waals surface area (Å²) in [5, 5.41) is 25.9. The van der Waals surface area contributed by atoms with Gasteiger partial charge >= 0.3 is 5.97 Å². The summed E-state index contributed by atoms with van der Waals surface area (Å²) in [6.07, 6.45) is 10.1. The smallest absolute Gasteiger partial charge is 0.306 e. The van der Waals surface area contributed by atoms with Crippen LogP contribution in [0.4, 0.5) is 0 Å². The summed E-state index contributed by atoms with van der Waals surface area (Å²) in [7, 11) is 0. The molecule has 0 saturated heterocycles. The molecular formula is C31H38N2O7. The van der Waals surface area contributed by atoms with E-state index >= 15 is 0 Å². The summed E-state index contributed by atoms with van der Waals surface area (Å²) < 4.78 is 5.20. The molecule has 3 N–H and O–H groups in total. The van der Waals surface area contributed by atoms with E-state index in [-0.39, 0.29) is 55.1 Å². The van der Waals surface area contributed by atoms with Crippen molar-refractivity contribution in [2.45, 2.75) is 77.0 Å². The van der Waals surface area contributed by atoms with Gasteiger partial charge in [-0.15, -0.1) is 0 Å². The Morgan fingerprint density at radius 3 is 2.75 bits per heavy atom. The molecule has 0 aliphatic heterocycles. The van der Waals surface area contributed by atoms with Crippen molar-refractivity contribution in [1.29, 1.82) is 0 Å². The van der Waals surface area contributed by atoms with Gasteiger partial charge in [-0.2, -0.15) is 0 Å². The average molecular weight is 551 g/mol. The Morgan fingerprint density at radius 1 is 1.20 bits per heavy atom. The third kappa shape index (κ3) is 4.83. The zero-order valence-electron chi connectivity index (χ0n) is 23.1. The fraction of sp³-hybridized carbons (Fsp3) is 0.581. The van der Waals surface area contributed by atoms with E-state index in [0.717, 1.165) is 24.0 Å². The van der Waals surface area contributed by atoms with E-state index in [2.05, 4.69) is 17.2 Å². The molecule has 0 aromatic carbocycles. The fourth-order valence-corrected chi connectivity index (χ4v) is 8.13. The van der Waals surface area contributed by atoms with Crippen LogP contribution in [0.25, 0.3) is 0 Å². The van der Waals surface area contributed by atoms with E-state index in [1.165, 1.54) is 0 Å². The summed E-state index contributed by atoms with van der Waals surface area (Å²) in [5.41, 5.74) is -1.13. The van der Waals surface area contributed by atoms with Crippen LogP contribution in [0.2, 0.25) is 0 Å². The predicted molar refractivity (Wildman–Crippen MR) is 144 cm³/mol. The number of esters is 1. The highest BCUT2D eigenvalue weighted by atomic mass is 16.5. The van der Waals surface area contributed by atoms with Crippen molar-refractivity contribution in [3.05, 3.63) is 53.9 Å². The molecule has 5 rings (SSSR count). The van der Waals surface area contributed by atoms with Crippen LogP contribution < -0.4 is 5.32 Å². The number of aromatic nitrogens is 1. The van der Waals surface area contributed by atoms with E-state index < -0.39 is 40.9 Å². The van der Waals surface area contributed by atoms with Gasteiger partial charge in [-0.05, 0) is 67.7 Å². The van der Waals surface area contributed by atoms with Gasteiger partial charge in [0.2, 0.25) is 11.7 Å². The van der Waals surface area contributed by atoms with Gasteiger partial charge < -0.3 is 20.3 Å². The Hall–Kier alpha value is -3.17. The topological polar surface area (TPSA) is 143 Å². The normalized spacial score (nSPS) is 36.1. The molecule has 214 valence electrons. The molecule has 1 heterocycles. The molecule has 7 atom stereocenters. The zero-order valence-corrected chi connectivity index (χ0v) is 23.1. The first kappa shape index (κ1) is 28.4. The highest BCUT2D eigenvalue weighted by molar-refractivity contribution is 6.01. The number of carbonyl (C=O) groups excluding carboxylic acids is 4. The number of Topliss-reactive ketones (excluding diaryl/α,β-unsaturated/α-hetero) is 1. The maximum atomic E-state index is 13.4. The van der Waals surface area contributed by atoms with Crippen molar-refractivity contribution < 1.29 is 34.1 Å². The third-order valence-corrected chi connectivity index (χ3v) is 10.2. The van der Waals surface area contributed by atoms with Gasteiger partial charge in [0.05, 0.1) is 12.5 Å². The van der Waals surface area contributed by atoms with Crippen molar-refractivity contribution in [3.8, 4) is 0 Å². The number of nitrogens with one attached hydrogen (secondary N) is 1. The summed E-state index contributed by atoms with van der Waals surface area (Å²) in [6, 6.07) is 3.60. The quantitative estimate of drug-likeness (QED) is 0.419. The Balaban J connectivity index is 1.18. The Labute approximate surface area is 234 Å². The fourth-order valence-electron chi connectivity index (χ4n) is 8.13. The number of hydrogen-bond donors (Lipinski definition) is 3. The monoisotopic (exact) mass is 550 g/mol. The molecule has 9 heteroatoms. The van der Waals surface area contributed by atoms with Crippen LogP contribution in [0.15, 0.2) is 48.3 Å². The minimum Gasteiger partial charge on any atom is -0.458 e. The van der Waals surface area contributed by atoms with Crippen molar-refractivity contribution >= 4 is 23.4 Å². The second-order valence-electron chi connectivity index (χ2n) is 12.3. The van der Waals surface area contributed by atoms with Gasteiger partial charge in [-0.3, -0.25) is 24.2 Å². The van der Waals surface area contributed by atoms with Crippen LogP contribution in [0, 0.1) is 28.6 Å². The number of fused-ring (bicyclic) bond motifs is 5. The molecule has 0 unspecified atom stereocenters. The number of pyridine rings is 1. The van der Waals surface area contributed by atoms with Crippen LogP contribution in [0.5, 0.6) is 0 Å². The van der Waals surface area contributed by atoms with Gasteiger partial charge in [0, 0.05) is 42.1 Å². The van der Waals surface area contributed by atoms with Gasteiger partial charge in [0.1, 0.15) is 5.60 Å². The summed E-state index contributed by atoms with van der Waals surface area (Å²) in [6.45, 7) is 3.68. The molecule has 1 aromatic rings. The summed E-state index contributed by atoms with van der Waals surface area (Å²) in [4.78, 5) is 53.8. The first-order valence-electron chi connectivity index (χ1n) is 14.2. The molecule has 40 heavy (non-hydrogen) atoms. The van der Waals surface area contributed by atoms with Crippen LogP contribution in [0.3, 0.4) is 0 Å². The Morgan fingerprint density at radius 2 is 2.00 bits per heavy atom. The van der Waals surface area contributed by atoms with Crippen LogP contribution in [0.1, 0.15) is 64.4 Å². The Kier molecular flexibility index (Phi) is 7.56. The van der Waals surface area contributed by atoms with Crippen LogP contribution in [-0.4, -0.2) is 57.0 Å². The maximum Gasteiger partial charge on any atom is 0.306 e. The molecule has 0 spiro atoms. The van der Waals surface area contributed by atoms with E-state index in [9.17, 15) is 29.4 Å². The molecule has 3 fully saturated rings. The Bertz CT molecular complexity index is 1260. The lowest BCUT2D eigenvalue weighted by Crippen LogP contribution is -2.61. The zero-order chi connectivity index (χ0) is 28.7. The molecular weight excluding hydrogens is 512 g/mol. The van der Waals surface area contributed by atoms with E-state index in [1.807, 2.05) is 19.1 Å². The number of amides is 1. The van der Waals surface area contributed by atoms with Gasteiger partial charge in [0.15, 0.2) is 12.4 Å². The minimum absolute atomic E-state index is 0.0125. The number of nitrogens with zero attached hydrogens (tertiary/aromatic N) is 1. The molecule has 4 aliphatic carbocycles. The van der Waals surface area contributed by atoms with E-state index in [4.69, 9.17) is 4.74 Å². The molecule has 9 nitrogen and oxygen atoms in total. The third-order valence-electron chi connectivity index (χ3n) is 10.2. The lowest BCUT2D eigenvalue weighted by Gasteiger charge is -2.59. The molecule has 1 amide bonds. The lowest BCUT2D eigenvalue weighted by atomic mass is 9.46. The first-order chi connectivity index (χ1) is 19.0. The van der Waals surface area contributed by atoms with Crippen LogP contribution >= 0.6 is 0 Å². The molecule has 0 radical (unpaired) electrons. The van der Waals surface area contributed by atoms with Gasteiger partial charge in [0.25, 0.3) is 0 Å². The van der Waals surface area contributed by atoms with Crippen molar-refractivity contribution in [2.24, 2.45) is 28.6 Å². The van der Waals surface area contributed by atoms with E-state index in [1.54, 1.807) is 30.6 Å². The number of ketones is 2.